The molecule has 1 N–H and O–H groups in total. The van der Waals surface area contributed by atoms with E-state index in [4.69, 9.17) is 18.9 Å². The first-order valence-corrected chi connectivity index (χ1v) is 13.8. The monoisotopic (exact) mass is 569 g/mol. The van der Waals surface area contributed by atoms with E-state index in [-0.39, 0.29) is 28.0 Å². The van der Waals surface area contributed by atoms with Crippen molar-refractivity contribution in [3.05, 3.63) is 60.7 Å². The van der Waals surface area contributed by atoms with Crippen LogP contribution in [0, 0.1) is 0 Å². The fourth-order valence-electron chi connectivity index (χ4n) is 4.37. The molecule has 1 fully saturated rings. The quantitative estimate of drug-likeness (QED) is 0.371. The Hall–Kier alpha value is -4.45. The fraction of sp³-hybridized carbons (Fsp3) is 0.286. The number of carbonyl (C=O) groups is 2. The second-order valence-corrected chi connectivity index (χ2v) is 10.7. The third-order valence-electron chi connectivity index (χ3n) is 6.42. The molecule has 0 spiro atoms. The SMILES string of the molecule is COc1ccc(OC)c(N(CC(=O)Nc2ccc(N3CCCC3=O)cc2)S(=O)(=O)c2ccc(OC)c(OC)c2)c1. The van der Waals surface area contributed by atoms with Gasteiger partial charge in [-0.25, -0.2) is 8.42 Å². The summed E-state index contributed by atoms with van der Waals surface area (Å²) in [5.41, 5.74) is 1.29. The normalized spacial score (nSPS) is 13.1. The molecule has 1 aliphatic rings. The minimum atomic E-state index is -4.32. The number of sulfonamides is 1. The van der Waals surface area contributed by atoms with Crippen LogP contribution in [0.3, 0.4) is 0 Å². The van der Waals surface area contributed by atoms with Crippen LogP contribution in [-0.2, 0) is 19.6 Å². The van der Waals surface area contributed by atoms with E-state index >= 15 is 0 Å². The maximum atomic E-state index is 14.0. The lowest BCUT2D eigenvalue weighted by Crippen LogP contribution is -2.38. The summed E-state index contributed by atoms with van der Waals surface area (Å²) in [5, 5.41) is 2.74. The second-order valence-electron chi connectivity index (χ2n) is 8.81. The van der Waals surface area contributed by atoms with Gasteiger partial charge in [0.1, 0.15) is 18.0 Å². The number of ether oxygens (including phenoxy) is 4. The number of methoxy groups -OCH3 is 4. The van der Waals surface area contributed by atoms with Crippen molar-refractivity contribution in [2.24, 2.45) is 0 Å². The van der Waals surface area contributed by atoms with Gasteiger partial charge >= 0.3 is 0 Å². The average Bonchev–Trinajstić information content (AvgIpc) is 3.41. The summed E-state index contributed by atoms with van der Waals surface area (Å²) in [4.78, 5) is 26.9. The van der Waals surface area contributed by atoms with E-state index in [9.17, 15) is 18.0 Å². The summed E-state index contributed by atoms with van der Waals surface area (Å²) in [6.45, 7) is 0.0719. The van der Waals surface area contributed by atoms with E-state index in [0.29, 0.717) is 30.2 Å². The van der Waals surface area contributed by atoms with Crippen molar-refractivity contribution in [2.45, 2.75) is 17.7 Å². The number of benzene rings is 3. The van der Waals surface area contributed by atoms with Crippen LogP contribution in [0.4, 0.5) is 17.1 Å². The van der Waals surface area contributed by atoms with Crippen molar-refractivity contribution in [1.29, 1.82) is 0 Å². The number of nitrogens with zero attached hydrogens (tertiary/aromatic N) is 2. The Labute approximate surface area is 233 Å². The highest BCUT2D eigenvalue weighted by Crippen LogP contribution is 2.37. The van der Waals surface area contributed by atoms with Crippen LogP contribution < -0.4 is 33.5 Å². The van der Waals surface area contributed by atoms with Crippen molar-refractivity contribution in [1.82, 2.24) is 0 Å². The van der Waals surface area contributed by atoms with Crippen molar-refractivity contribution >= 4 is 38.9 Å². The summed E-state index contributed by atoms with van der Waals surface area (Å²) in [6.07, 6.45) is 1.31. The van der Waals surface area contributed by atoms with Gasteiger partial charge in [0.05, 0.1) is 39.0 Å². The molecule has 12 heteroatoms. The van der Waals surface area contributed by atoms with Crippen molar-refractivity contribution in [3.8, 4) is 23.0 Å². The van der Waals surface area contributed by atoms with Gasteiger partial charge in [-0.1, -0.05) is 0 Å². The zero-order valence-corrected chi connectivity index (χ0v) is 23.5. The Morgan fingerprint density at radius 1 is 0.875 bits per heavy atom. The third kappa shape index (κ3) is 5.91. The first-order chi connectivity index (χ1) is 19.2. The molecule has 0 aliphatic carbocycles. The molecule has 3 aromatic carbocycles. The number of amides is 2. The van der Waals surface area contributed by atoms with Gasteiger partial charge < -0.3 is 29.2 Å². The van der Waals surface area contributed by atoms with Gasteiger partial charge in [-0.2, -0.15) is 0 Å². The second kappa shape index (κ2) is 12.2. The van der Waals surface area contributed by atoms with Gasteiger partial charge in [-0.05, 0) is 55.0 Å². The Balaban J connectivity index is 1.67. The Bertz CT molecular complexity index is 1490. The Kier molecular flexibility index (Phi) is 8.68. The zero-order valence-electron chi connectivity index (χ0n) is 22.7. The minimum Gasteiger partial charge on any atom is -0.497 e. The molecule has 0 bridgehead atoms. The van der Waals surface area contributed by atoms with Crippen molar-refractivity contribution in [2.75, 3.05) is 56.1 Å². The molecule has 0 unspecified atom stereocenters. The molecule has 0 radical (unpaired) electrons. The Morgan fingerprint density at radius 2 is 1.55 bits per heavy atom. The molecule has 0 saturated carbocycles. The summed E-state index contributed by atoms with van der Waals surface area (Å²) in [5.74, 6) is 0.609. The van der Waals surface area contributed by atoms with E-state index in [1.165, 1.54) is 52.7 Å². The highest BCUT2D eigenvalue weighted by molar-refractivity contribution is 7.92. The smallest absolute Gasteiger partial charge is 0.265 e. The molecule has 4 rings (SSSR count). The van der Waals surface area contributed by atoms with Crippen LogP contribution >= 0.6 is 0 Å². The summed E-state index contributed by atoms with van der Waals surface area (Å²) in [6, 6.07) is 15.6. The van der Waals surface area contributed by atoms with E-state index in [2.05, 4.69) is 5.32 Å². The molecule has 1 saturated heterocycles. The standard InChI is InChI=1S/C28H31N3O8S/c1-36-21-11-13-24(37-2)23(16-21)31(40(34,35)22-12-14-25(38-3)26(17-22)39-4)18-27(32)29-19-7-9-20(10-8-19)30-15-5-6-28(30)33/h7-14,16-17H,5-6,15,18H2,1-4H3,(H,29,32). The lowest BCUT2D eigenvalue weighted by atomic mass is 10.2. The largest absolute Gasteiger partial charge is 0.497 e. The maximum Gasteiger partial charge on any atom is 0.265 e. The van der Waals surface area contributed by atoms with E-state index in [1.54, 1.807) is 41.3 Å². The van der Waals surface area contributed by atoms with Crippen LogP contribution in [0.1, 0.15) is 12.8 Å². The van der Waals surface area contributed by atoms with Gasteiger partial charge in [0, 0.05) is 36.5 Å². The first-order valence-electron chi connectivity index (χ1n) is 12.4. The first kappa shape index (κ1) is 28.6. The molecular formula is C28H31N3O8S. The molecule has 0 aromatic heterocycles. The van der Waals surface area contributed by atoms with Gasteiger partial charge in [-0.3, -0.25) is 13.9 Å². The number of hydrogen-bond donors (Lipinski definition) is 1. The minimum absolute atomic E-state index is 0.0556. The lowest BCUT2D eigenvalue weighted by molar-refractivity contribution is -0.117. The molecular weight excluding hydrogens is 538 g/mol. The highest BCUT2D eigenvalue weighted by atomic mass is 32.2. The molecule has 1 aliphatic heterocycles. The maximum absolute atomic E-state index is 14.0. The molecule has 2 amide bonds. The zero-order chi connectivity index (χ0) is 28.9. The van der Waals surface area contributed by atoms with Gasteiger partial charge in [0.15, 0.2) is 11.5 Å². The molecule has 3 aromatic rings. The van der Waals surface area contributed by atoms with Gasteiger partial charge in [0.2, 0.25) is 11.8 Å². The summed E-state index contributed by atoms with van der Waals surface area (Å²) < 4.78 is 50.2. The van der Waals surface area contributed by atoms with Gasteiger partial charge in [-0.15, -0.1) is 0 Å². The van der Waals surface area contributed by atoms with Crippen LogP contribution in [0.25, 0.3) is 0 Å². The number of hydrogen-bond acceptors (Lipinski definition) is 8. The Morgan fingerprint density at radius 3 is 2.15 bits per heavy atom. The number of anilines is 3. The number of rotatable bonds is 11. The van der Waals surface area contributed by atoms with E-state index in [1.807, 2.05) is 0 Å². The van der Waals surface area contributed by atoms with Crippen LogP contribution in [0.15, 0.2) is 65.6 Å². The fourth-order valence-corrected chi connectivity index (χ4v) is 5.81. The molecule has 212 valence electrons. The van der Waals surface area contributed by atoms with Gasteiger partial charge in [0.25, 0.3) is 10.0 Å². The summed E-state index contributed by atoms with van der Waals surface area (Å²) in [7, 11) is 1.37. The topological polar surface area (TPSA) is 124 Å². The average molecular weight is 570 g/mol. The van der Waals surface area contributed by atoms with E-state index < -0.39 is 22.5 Å². The van der Waals surface area contributed by atoms with Crippen LogP contribution in [-0.4, -0.2) is 61.8 Å². The lowest BCUT2D eigenvalue weighted by Gasteiger charge is -2.26. The summed E-state index contributed by atoms with van der Waals surface area (Å²) >= 11 is 0. The molecule has 40 heavy (non-hydrogen) atoms. The van der Waals surface area contributed by atoms with Crippen LogP contribution in [0.2, 0.25) is 0 Å². The molecule has 1 heterocycles. The third-order valence-corrected chi connectivity index (χ3v) is 8.18. The highest BCUT2D eigenvalue weighted by Gasteiger charge is 2.31. The van der Waals surface area contributed by atoms with Crippen LogP contribution in [0.5, 0.6) is 23.0 Å². The van der Waals surface area contributed by atoms with Crippen molar-refractivity contribution in [3.63, 3.8) is 0 Å². The predicted octanol–water partition coefficient (Wildman–Crippen LogP) is 3.68. The number of nitrogens with one attached hydrogen (secondary N) is 1. The molecule has 0 atom stereocenters. The van der Waals surface area contributed by atoms with Crippen molar-refractivity contribution < 1.29 is 37.0 Å². The molecule has 11 nitrogen and oxygen atoms in total. The number of carbonyl (C=O) groups excluding carboxylic acids is 2. The van der Waals surface area contributed by atoms with E-state index in [0.717, 1.165) is 16.4 Å². The predicted molar refractivity (Wildman–Crippen MR) is 150 cm³/mol.